The van der Waals surface area contributed by atoms with Crippen molar-refractivity contribution in [1.82, 2.24) is 0 Å². The Morgan fingerprint density at radius 1 is 1.70 bits per heavy atom. The van der Waals surface area contributed by atoms with Crippen LogP contribution in [0.15, 0.2) is 0 Å². The summed E-state index contributed by atoms with van der Waals surface area (Å²) in [6.07, 6.45) is 2.32. The molecule has 0 amide bonds. The maximum absolute atomic E-state index is 6.06. The highest BCUT2D eigenvalue weighted by atomic mass is 32.2. The Bertz CT molecular complexity index is 118. The Kier molecular flexibility index (Phi) is 2.61. The van der Waals surface area contributed by atoms with Gasteiger partial charge in [0.2, 0.25) is 0 Å². The van der Waals surface area contributed by atoms with Gasteiger partial charge in [0.1, 0.15) is 0 Å². The Morgan fingerprint density at radius 2 is 2.40 bits per heavy atom. The van der Waals surface area contributed by atoms with Crippen LogP contribution in [0.1, 0.15) is 19.8 Å². The van der Waals surface area contributed by atoms with Crippen molar-refractivity contribution < 1.29 is 0 Å². The Balaban J connectivity index is 2.54. The van der Waals surface area contributed by atoms with Crippen LogP contribution >= 0.6 is 11.8 Å². The van der Waals surface area contributed by atoms with Gasteiger partial charge in [-0.2, -0.15) is 11.8 Å². The lowest BCUT2D eigenvalue weighted by Gasteiger charge is -2.37. The van der Waals surface area contributed by atoms with Crippen LogP contribution in [0.4, 0.5) is 0 Å². The minimum atomic E-state index is -0.0804. The van der Waals surface area contributed by atoms with E-state index >= 15 is 0 Å². The molecule has 1 aliphatic heterocycles. The summed E-state index contributed by atoms with van der Waals surface area (Å²) >= 11 is 1.94. The molecule has 2 nitrogen and oxygen atoms in total. The summed E-state index contributed by atoms with van der Waals surface area (Å²) in [7, 11) is 0. The van der Waals surface area contributed by atoms with Gasteiger partial charge in [-0.15, -0.1) is 0 Å². The van der Waals surface area contributed by atoms with Crippen LogP contribution in [-0.4, -0.2) is 23.1 Å². The van der Waals surface area contributed by atoms with Gasteiger partial charge >= 0.3 is 0 Å². The van der Waals surface area contributed by atoms with E-state index in [2.05, 4.69) is 6.92 Å². The molecule has 3 heteroatoms. The monoisotopic (exact) mass is 160 g/mol. The summed E-state index contributed by atoms with van der Waals surface area (Å²) in [5.41, 5.74) is 11.6. The highest BCUT2D eigenvalue weighted by Crippen LogP contribution is 2.30. The SMILES string of the molecule is CC1SCCCC1(N)CN. The second-order valence-corrected chi connectivity index (χ2v) is 4.50. The van der Waals surface area contributed by atoms with E-state index in [4.69, 9.17) is 11.5 Å². The lowest BCUT2D eigenvalue weighted by Crippen LogP contribution is -2.55. The minimum Gasteiger partial charge on any atom is -0.329 e. The van der Waals surface area contributed by atoms with E-state index in [9.17, 15) is 0 Å². The molecule has 4 N–H and O–H groups in total. The standard InChI is InChI=1S/C7H16N2S/c1-6-7(9,5-8)3-2-4-10-6/h6H,2-5,8-9H2,1H3. The number of nitrogens with two attached hydrogens (primary N) is 2. The molecule has 0 bridgehead atoms. The summed E-state index contributed by atoms with van der Waals surface area (Å²) in [6.45, 7) is 2.80. The Labute approximate surface area is 66.7 Å². The lowest BCUT2D eigenvalue weighted by molar-refractivity contribution is 0.387. The van der Waals surface area contributed by atoms with Crippen LogP contribution in [0, 0.1) is 0 Å². The third kappa shape index (κ3) is 1.47. The first kappa shape index (κ1) is 8.37. The molecule has 1 saturated heterocycles. The molecule has 1 fully saturated rings. The van der Waals surface area contributed by atoms with Crippen molar-refractivity contribution in [3.63, 3.8) is 0 Å². The number of hydrogen-bond donors (Lipinski definition) is 2. The van der Waals surface area contributed by atoms with Gasteiger partial charge in [-0.05, 0) is 18.6 Å². The third-order valence-electron chi connectivity index (χ3n) is 2.34. The number of rotatable bonds is 1. The molecule has 10 heavy (non-hydrogen) atoms. The molecule has 0 aromatic carbocycles. The predicted molar refractivity (Wildman–Crippen MR) is 47.1 cm³/mol. The van der Waals surface area contributed by atoms with E-state index in [0.717, 1.165) is 6.42 Å². The van der Waals surface area contributed by atoms with E-state index in [1.54, 1.807) is 0 Å². The normalized spacial score (nSPS) is 41.7. The van der Waals surface area contributed by atoms with Crippen LogP contribution in [0.2, 0.25) is 0 Å². The van der Waals surface area contributed by atoms with Crippen molar-refractivity contribution in [2.45, 2.75) is 30.6 Å². The molecular formula is C7H16N2S. The summed E-state index contributed by atoms with van der Waals surface area (Å²) < 4.78 is 0. The zero-order chi connectivity index (χ0) is 7.61. The van der Waals surface area contributed by atoms with Gasteiger partial charge in [0.25, 0.3) is 0 Å². The van der Waals surface area contributed by atoms with Crippen molar-refractivity contribution in [2.24, 2.45) is 11.5 Å². The summed E-state index contributed by atoms with van der Waals surface area (Å²) in [5, 5.41) is 0.534. The van der Waals surface area contributed by atoms with Crippen LogP contribution in [0.3, 0.4) is 0 Å². The van der Waals surface area contributed by atoms with Crippen LogP contribution < -0.4 is 11.5 Å². The maximum Gasteiger partial charge on any atom is 0.0396 e. The molecule has 60 valence electrons. The van der Waals surface area contributed by atoms with Gasteiger partial charge in [0.15, 0.2) is 0 Å². The quantitative estimate of drug-likeness (QED) is 0.589. The smallest absolute Gasteiger partial charge is 0.0396 e. The van der Waals surface area contributed by atoms with E-state index in [1.807, 2.05) is 11.8 Å². The average Bonchev–Trinajstić information content (AvgIpc) is 1.96. The van der Waals surface area contributed by atoms with Gasteiger partial charge in [-0.25, -0.2) is 0 Å². The van der Waals surface area contributed by atoms with Crippen LogP contribution in [0.25, 0.3) is 0 Å². The molecule has 1 aliphatic rings. The van der Waals surface area contributed by atoms with Crippen molar-refractivity contribution in [3.05, 3.63) is 0 Å². The van der Waals surface area contributed by atoms with E-state index in [-0.39, 0.29) is 5.54 Å². The second-order valence-electron chi connectivity index (χ2n) is 3.05. The molecule has 0 aliphatic carbocycles. The predicted octanol–water partition coefficient (Wildman–Crippen LogP) is 0.558. The molecule has 0 aromatic rings. The summed E-state index contributed by atoms with van der Waals surface area (Å²) in [5.74, 6) is 1.25. The van der Waals surface area contributed by atoms with Crippen molar-refractivity contribution in [3.8, 4) is 0 Å². The van der Waals surface area contributed by atoms with E-state index in [0.29, 0.717) is 11.8 Å². The molecular weight excluding hydrogens is 144 g/mol. The first-order valence-corrected chi connectivity index (χ1v) is 4.84. The molecule has 1 heterocycles. The van der Waals surface area contributed by atoms with Gasteiger partial charge in [0, 0.05) is 17.3 Å². The van der Waals surface area contributed by atoms with Crippen molar-refractivity contribution in [1.29, 1.82) is 0 Å². The fourth-order valence-corrected chi connectivity index (χ4v) is 2.51. The number of hydrogen-bond acceptors (Lipinski definition) is 3. The zero-order valence-corrected chi connectivity index (χ0v) is 7.29. The van der Waals surface area contributed by atoms with Crippen LogP contribution in [0.5, 0.6) is 0 Å². The largest absolute Gasteiger partial charge is 0.329 e. The molecule has 0 radical (unpaired) electrons. The summed E-state index contributed by atoms with van der Waals surface area (Å²) in [6, 6.07) is 0. The van der Waals surface area contributed by atoms with Crippen molar-refractivity contribution in [2.75, 3.05) is 12.3 Å². The summed E-state index contributed by atoms with van der Waals surface area (Å²) in [4.78, 5) is 0. The molecule has 1 rings (SSSR count). The lowest BCUT2D eigenvalue weighted by atomic mass is 9.91. The highest BCUT2D eigenvalue weighted by Gasteiger charge is 2.33. The molecule has 2 atom stereocenters. The van der Waals surface area contributed by atoms with Crippen molar-refractivity contribution >= 4 is 11.8 Å². The van der Waals surface area contributed by atoms with Gasteiger partial charge in [-0.1, -0.05) is 6.92 Å². The second kappa shape index (κ2) is 3.11. The highest BCUT2D eigenvalue weighted by molar-refractivity contribution is 8.00. The molecule has 0 saturated carbocycles. The Hall–Kier alpha value is 0.270. The molecule has 0 spiro atoms. The fraction of sp³-hybridized carbons (Fsp3) is 1.00. The average molecular weight is 160 g/mol. The third-order valence-corrected chi connectivity index (χ3v) is 3.84. The Morgan fingerprint density at radius 3 is 2.80 bits per heavy atom. The maximum atomic E-state index is 6.06. The van der Waals surface area contributed by atoms with E-state index < -0.39 is 0 Å². The molecule has 2 unspecified atom stereocenters. The van der Waals surface area contributed by atoms with Crippen LogP contribution in [-0.2, 0) is 0 Å². The first-order chi connectivity index (χ1) is 4.69. The van der Waals surface area contributed by atoms with Gasteiger partial charge in [0.05, 0.1) is 0 Å². The van der Waals surface area contributed by atoms with Gasteiger partial charge < -0.3 is 11.5 Å². The fourth-order valence-electron chi connectivity index (χ4n) is 1.30. The zero-order valence-electron chi connectivity index (χ0n) is 6.47. The number of thioether (sulfide) groups is 1. The minimum absolute atomic E-state index is 0.0804. The molecule has 0 aromatic heterocycles. The van der Waals surface area contributed by atoms with Gasteiger partial charge in [-0.3, -0.25) is 0 Å². The first-order valence-electron chi connectivity index (χ1n) is 3.79. The topological polar surface area (TPSA) is 52.0 Å². The van der Waals surface area contributed by atoms with E-state index in [1.165, 1.54) is 12.2 Å².